The second-order valence-corrected chi connectivity index (χ2v) is 4.99. The molecule has 0 radical (unpaired) electrons. The molecule has 4 nitrogen and oxygen atoms in total. The first kappa shape index (κ1) is 13.5. The molecule has 2 aromatic rings. The number of nitrogens with zero attached hydrogens (tertiary/aromatic N) is 2. The Balaban J connectivity index is 2.08. The maximum absolute atomic E-state index is 12.7. The Morgan fingerprint density at radius 1 is 1.26 bits per heavy atom. The summed E-state index contributed by atoms with van der Waals surface area (Å²) in [6.45, 7) is 0. The van der Waals surface area contributed by atoms with Crippen molar-refractivity contribution in [3.8, 4) is 0 Å². The van der Waals surface area contributed by atoms with Gasteiger partial charge in [-0.15, -0.1) is 0 Å². The molecule has 1 N–H and O–H groups in total. The summed E-state index contributed by atoms with van der Waals surface area (Å²) in [4.78, 5) is 18.7. The molecule has 1 aromatic heterocycles. The minimum Gasteiger partial charge on any atom is -0.480 e. The summed E-state index contributed by atoms with van der Waals surface area (Å²) in [6, 6.07) is 9.31. The second kappa shape index (κ2) is 6.29. The molecule has 1 unspecified atom stereocenters. The summed E-state index contributed by atoms with van der Waals surface area (Å²) in [5, 5.41) is 8.75. The first-order chi connectivity index (χ1) is 9.15. The standard InChI is InChI=1S/C13H11FN2O2S/c14-10-7-15-13(16-8-10)19-11(12(17)18)6-9-4-2-1-3-5-9/h1-5,7-8,11H,6H2,(H,17,18). The molecule has 0 spiro atoms. The van der Waals surface area contributed by atoms with Crippen molar-refractivity contribution in [2.45, 2.75) is 16.8 Å². The number of hydrogen-bond acceptors (Lipinski definition) is 4. The molecule has 98 valence electrons. The summed E-state index contributed by atoms with van der Waals surface area (Å²) in [6.07, 6.45) is 2.41. The van der Waals surface area contributed by atoms with Gasteiger partial charge in [-0.1, -0.05) is 42.1 Å². The van der Waals surface area contributed by atoms with E-state index < -0.39 is 17.0 Å². The lowest BCUT2D eigenvalue weighted by molar-refractivity contribution is -0.136. The summed E-state index contributed by atoms with van der Waals surface area (Å²) < 4.78 is 12.7. The molecule has 0 aliphatic rings. The van der Waals surface area contributed by atoms with Crippen molar-refractivity contribution in [2.24, 2.45) is 0 Å². The van der Waals surface area contributed by atoms with E-state index in [0.717, 1.165) is 29.7 Å². The van der Waals surface area contributed by atoms with E-state index in [1.165, 1.54) is 0 Å². The number of aliphatic carboxylic acids is 1. The van der Waals surface area contributed by atoms with Gasteiger partial charge in [0.15, 0.2) is 11.0 Å². The summed E-state index contributed by atoms with van der Waals surface area (Å²) in [5.41, 5.74) is 0.921. The van der Waals surface area contributed by atoms with Gasteiger partial charge in [0.2, 0.25) is 0 Å². The molecule has 19 heavy (non-hydrogen) atoms. The monoisotopic (exact) mass is 278 g/mol. The second-order valence-electron chi connectivity index (χ2n) is 3.82. The van der Waals surface area contributed by atoms with Crippen LogP contribution in [0.15, 0.2) is 47.9 Å². The van der Waals surface area contributed by atoms with Crippen molar-refractivity contribution in [3.05, 3.63) is 54.1 Å². The van der Waals surface area contributed by atoms with Crippen LogP contribution < -0.4 is 0 Å². The normalized spacial score (nSPS) is 12.1. The van der Waals surface area contributed by atoms with Crippen LogP contribution in [0, 0.1) is 5.82 Å². The van der Waals surface area contributed by atoms with Gasteiger partial charge in [0.25, 0.3) is 0 Å². The minimum absolute atomic E-state index is 0.254. The van der Waals surface area contributed by atoms with Gasteiger partial charge in [0.05, 0.1) is 12.4 Å². The molecule has 0 saturated carbocycles. The zero-order valence-corrected chi connectivity index (χ0v) is 10.7. The maximum atomic E-state index is 12.7. The Labute approximate surface area is 113 Å². The number of carboxylic acids is 1. The van der Waals surface area contributed by atoms with E-state index in [9.17, 15) is 14.3 Å². The van der Waals surface area contributed by atoms with Crippen molar-refractivity contribution < 1.29 is 14.3 Å². The van der Waals surface area contributed by atoms with Crippen LogP contribution in [0.2, 0.25) is 0 Å². The van der Waals surface area contributed by atoms with Gasteiger partial charge in [0, 0.05) is 0 Å². The van der Waals surface area contributed by atoms with E-state index in [1.807, 2.05) is 30.3 Å². The third kappa shape index (κ3) is 4.03. The first-order valence-electron chi connectivity index (χ1n) is 5.56. The average molecular weight is 278 g/mol. The van der Waals surface area contributed by atoms with Gasteiger partial charge in [0.1, 0.15) is 5.25 Å². The largest absolute Gasteiger partial charge is 0.480 e. The molecule has 0 aliphatic heterocycles. The van der Waals surface area contributed by atoms with Crippen LogP contribution in [0.1, 0.15) is 5.56 Å². The molecule has 1 aromatic carbocycles. The number of rotatable bonds is 5. The quantitative estimate of drug-likeness (QED) is 0.672. The van der Waals surface area contributed by atoms with E-state index >= 15 is 0 Å². The zero-order chi connectivity index (χ0) is 13.7. The highest BCUT2D eigenvalue weighted by Crippen LogP contribution is 2.22. The Bertz CT molecular complexity index is 548. The Kier molecular flexibility index (Phi) is 4.46. The maximum Gasteiger partial charge on any atom is 0.317 e. The highest BCUT2D eigenvalue weighted by atomic mass is 32.2. The fourth-order valence-electron chi connectivity index (χ4n) is 1.50. The number of benzene rings is 1. The van der Waals surface area contributed by atoms with Crippen molar-refractivity contribution >= 4 is 17.7 Å². The highest BCUT2D eigenvalue weighted by Gasteiger charge is 2.20. The number of halogens is 1. The van der Waals surface area contributed by atoms with E-state index in [4.69, 9.17) is 0 Å². The molecule has 0 amide bonds. The molecule has 2 rings (SSSR count). The van der Waals surface area contributed by atoms with Crippen molar-refractivity contribution in [1.29, 1.82) is 0 Å². The number of aromatic nitrogens is 2. The molecule has 0 fully saturated rings. The van der Waals surface area contributed by atoms with Crippen LogP contribution in [-0.4, -0.2) is 26.3 Å². The predicted octanol–water partition coefficient (Wildman–Crippen LogP) is 2.40. The SMILES string of the molecule is O=C(O)C(Cc1ccccc1)Sc1ncc(F)cn1. The van der Waals surface area contributed by atoms with Crippen molar-refractivity contribution in [2.75, 3.05) is 0 Å². The number of hydrogen-bond donors (Lipinski definition) is 1. The lowest BCUT2D eigenvalue weighted by Crippen LogP contribution is -2.19. The third-order valence-electron chi connectivity index (χ3n) is 2.38. The summed E-state index contributed by atoms with van der Waals surface area (Å²) in [7, 11) is 0. The van der Waals surface area contributed by atoms with Crippen molar-refractivity contribution in [1.82, 2.24) is 9.97 Å². The number of thioether (sulfide) groups is 1. The van der Waals surface area contributed by atoms with Gasteiger partial charge >= 0.3 is 5.97 Å². The van der Waals surface area contributed by atoms with Crippen LogP contribution in [0.4, 0.5) is 4.39 Å². The van der Waals surface area contributed by atoms with Crippen LogP contribution in [0.25, 0.3) is 0 Å². The fraction of sp³-hybridized carbons (Fsp3) is 0.154. The van der Waals surface area contributed by atoms with Gasteiger partial charge in [-0.25, -0.2) is 14.4 Å². The summed E-state index contributed by atoms with van der Waals surface area (Å²) in [5.74, 6) is -1.49. The smallest absolute Gasteiger partial charge is 0.317 e. The van der Waals surface area contributed by atoms with E-state index in [1.54, 1.807) is 0 Å². The zero-order valence-electron chi connectivity index (χ0n) is 9.86. The van der Waals surface area contributed by atoms with Crippen molar-refractivity contribution in [3.63, 3.8) is 0 Å². The van der Waals surface area contributed by atoms with Crippen LogP contribution in [-0.2, 0) is 11.2 Å². The number of carbonyl (C=O) groups is 1. The van der Waals surface area contributed by atoms with Gasteiger partial charge in [-0.2, -0.15) is 0 Å². The molecule has 1 heterocycles. The molecule has 0 aliphatic carbocycles. The van der Waals surface area contributed by atoms with Crippen LogP contribution in [0.3, 0.4) is 0 Å². The van der Waals surface area contributed by atoms with E-state index in [-0.39, 0.29) is 5.16 Å². The van der Waals surface area contributed by atoms with Gasteiger partial charge < -0.3 is 5.11 Å². The molecule has 0 saturated heterocycles. The highest BCUT2D eigenvalue weighted by molar-refractivity contribution is 8.00. The Morgan fingerprint density at radius 3 is 2.47 bits per heavy atom. The van der Waals surface area contributed by atoms with Crippen LogP contribution in [0.5, 0.6) is 0 Å². The summed E-state index contributed by atoms with van der Waals surface area (Å²) >= 11 is 1.01. The lowest BCUT2D eigenvalue weighted by atomic mass is 10.1. The average Bonchev–Trinajstić information content (AvgIpc) is 2.41. The first-order valence-corrected chi connectivity index (χ1v) is 6.44. The molecular formula is C13H11FN2O2S. The number of carboxylic acid groups (broad SMARTS) is 1. The van der Waals surface area contributed by atoms with Gasteiger partial charge in [-0.3, -0.25) is 4.79 Å². The molecule has 1 atom stereocenters. The lowest BCUT2D eigenvalue weighted by Gasteiger charge is -2.10. The van der Waals surface area contributed by atoms with E-state index in [2.05, 4.69) is 9.97 Å². The topological polar surface area (TPSA) is 63.1 Å². The molecule has 0 bridgehead atoms. The van der Waals surface area contributed by atoms with Gasteiger partial charge in [-0.05, 0) is 12.0 Å². The fourth-order valence-corrected chi connectivity index (χ4v) is 2.35. The van der Waals surface area contributed by atoms with E-state index in [0.29, 0.717) is 6.42 Å². The molecule has 6 heteroatoms. The Hall–Kier alpha value is -1.95. The Morgan fingerprint density at radius 2 is 1.89 bits per heavy atom. The minimum atomic E-state index is -0.943. The third-order valence-corrected chi connectivity index (χ3v) is 3.46. The predicted molar refractivity (Wildman–Crippen MR) is 69.4 cm³/mol. The van der Waals surface area contributed by atoms with Crippen LogP contribution >= 0.6 is 11.8 Å². The molecular weight excluding hydrogens is 267 g/mol.